The SMILES string of the molecule is COC(=O)[C@@H]1C[C@@H](N(C)C(C)=O)C(=O)C2[C@@]1(C)CC[C@H]1C(=O)O[C@H](c3ccoc3)C[C@]21C.COC(=O)[C@@H]1C[C@@H](N=[N+]=[N-])C(=O)C2[C@@]1(C)CC[C@H]1C(=O)O[C@H](c3ccoc3)C[C@]21C.COC(=O)[C@@H]1C[C@@H](OS(=O)(=O)C(F)(F)F)C(=O)C2[C@@]1(C)CC[C@H]1C(=O)O[C@H](c3ccoc3)C[C@]21C.COC(=O)[C@@H]1C[C@H](NC(C)C)C(=O)C2[C@@]1(C)CC[C@H]1C(=O)O[C@H](c3ccoc3)C[C@]21C. The Morgan fingerprint density at radius 1 is 0.477 bits per heavy atom. The van der Waals surface area contributed by atoms with Gasteiger partial charge in [0.05, 0.1) is 144 Å². The number of Topliss-reactive ketones (excluding diaryl/α,β-unsaturated/α-hetero) is 4. The maximum Gasteiger partial charge on any atom is 0.523 e. The highest BCUT2D eigenvalue weighted by Gasteiger charge is 2.73. The molecule has 33 nitrogen and oxygen atoms in total. The summed E-state index contributed by atoms with van der Waals surface area (Å²) >= 11 is 0. The van der Waals surface area contributed by atoms with Crippen molar-refractivity contribution in [3.8, 4) is 0 Å². The van der Waals surface area contributed by atoms with Crippen molar-refractivity contribution >= 4 is 86.9 Å². The number of rotatable bonds is 14. The zero-order valence-corrected chi connectivity index (χ0v) is 75.4. The average molecular weight is 1810 g/mol. The number of ether oxygens (including phenoxy) is 8. The molecule has 4 unspecified atom stereocenters. The summed E-state index contributed by atoms with van der Waals surface area (Å²) in [6.07, 6.45) is 13.1. The van der Waals surface area contributed by atoms with Gasteiger partial charge in [-0.1, -0.05) is 74.4 Å². The van der Waals surface area contributed by atoms with Crippen molar-refractivity contribution in [3.63, 3.8) is 0 Å². The van der Waals surface area contributed by atoms with Crippen LogP contribution in [0.25, 0.3) is 10.4 Å². The number of nitrogens with one attached hydrogen (secondary N) is 1. The molecule has 4 aromatic heterocycles. The van der Waals surface area contributed by atoms with E-state index in [-0.39, 0.29) is 97.2 Å². The van der Waals surface area contributed by atoms with E-state index in [0.29, 0.717) is 69.8 Å². The number of fused-ring (bicyclic) bond motifs is 12. The predicted molar refractivity (Wildman–Crippen MR) is 436 cm³/mol. The Morgan fingerprint density at radius 3 is 1.08 bits per heavy atom. The number of cyclic esters (lactones) is 4. The summed E-state index contributed by atoms with van der Waals surface area (Å²) in [6.45, 7) is 20.6. The Kier molecular flexibility index (Phi) is 26.4. The summed E-state index contributed by atoms with van der Waals surface area (Å²) in [7, 11) is 0.634. The standard InChI is InChI=1S/C24H31NO7.C24H33NO6.C22H25F3O9S.C21H25N3O6/c1-13(26)25(4)17-10-16(21(28)30-5)23(2)8-6-15-22(29)32-18(14-7-9-31-12-14)11-24(15,3)20(23)19(17)27;1-13(2)25-17-10-16(21(27)29-5)23(3)8-6-15-22(28)31-18(14-7-9-30-12-14)11-24(15,4)20(23)19(17)26;1-20-6-4-12-19(28)33-15(11-5-7-32-10-11)9-21(12,2)17(20)16(26)14(8-13(20)18(27)31-3)34-35(29,30)22(23,24)25;1-20-6-4-12-19(27)30-15(11-5-7-29-10-11)9-21(12,2)17(20)16(25)14(23-24-22)8-13(20)18(26)28-3/h7,9,12,15-18,20H,6,8,10-11H2,1-5H3;7,9,12-13,15-18,20,25H,6,8,10-11H2,1-5H3;5,7,10,12-15,17H,4,6,8-9H2,1-3H3;5,7,10,12-15,17H,4,6,8-9H2,1-3H3/t15-,16-,17+,18-,20?,23-,24-;15-,16-,17-,18-,20?,23-,24-;2*12-,13-,14+,15-,17?,20-,21-/m0000/s1. The molecule has 16 rings (SSSR count). The topological polar surface area (TPSA) is 456 Å². The number of methoxy groups -OCH3 is 4. The van der Waals surface area contributed by atoms with Crippen molar-refractivity contribution in [2.24, 2.45) is 119 Å². The van der Waals surface area contributed by atoms with Crippen molar-refractivity contribution in [2.45, 2.75) is 239 Å². The average Bonchev–Trinajstić information content (AvgIpc) is 0.947. The van der Waals surface area contributed by atoms with Gasteiger partial charge in [-0.25, -0.2) is 0 Å². The lowest BCUT2D eigenvalue weighted by Gasteiger charge is -2.61. The minimum Gasteiger partial charge on any atom is -0.472 e. The number of nitrogens with zero attached hydrogens (tertiary/aromatic N) is 4. The summed E-state index contributed by atoms with van der Waals surface area (Å²) in [5.41, 5.74) is -0.292. The van der Waals surface area contributed by atoms with Gasteiger partial charge in [-0.2, -0.15) is 21.6 Å². The van der Waals surface area contributed by atoms with E-state index in [1.807, 2.05) is 55.4 Å². The Bertz CT molecular complexity index is 5110. The van der Waals surface area contributed by atoms with Gasteiger partial charge in [0.25, 0.3) is 0 Å². The van der Waals surface area contributed by atoms with Crippen LogP contribution in [0.1, 0.15) is 226 Å². The molecule has 0 aromatic carbocycles. The van der Waals surface area contributed by atoms with E-state index in [9.17, 15) is 83.9 Å². The minimum absolute atomic E-state index is 0.0850. The molecule has 37 heteroatoms. The quantitative estimate of drug-likeness (QED) is 0.0233. The first-order chi connectivity index (χ1) is 60.1. The van der Waals surface area contributed by atoms with Gasteiger partial charge >= 0.3 is 63.4 Å². The Morgan fingerprint density at radius 2 is 0.781 bits per heavy atom. The summed E-state index contributed by atoms with van der Waals surface area (Å²) < 4.78 is 131. The Hall–Kier alpha value is -10.0. The van der Waals surface area contributed by atoms with Crippen molar-refractivity contribution < 1.29 is 144 Å². The fourth-order valence-electron chi connectivity index (χ4n) is 26.3. The lowest BCUT2D eigenvalue weighted by Crippen LogP contribution is -2.66. The molecule has 8 aliphatic carbocycles. The summed E-state index contributed by atoms with van der Waals surface area (Å²) in [4.78, 5) is 175. The van der Waals surface area contributed by atoms with E-state index < -0.39 is 203 Å². The molecule has 4 aliphatic heterocycles. The van der Waals surface area contributed by atoms with E-state index in [2.05, 4.69) is 19.5 Å². The molecule has 0 bridgehead atoms. The van der Waals surface area contributed by atoms with Gasteiger partial charge < -0.3 is 65.8 Å². The van der Waals surface area contributed by atoms with Crippen LogP contribution >= 0.6 is 0 Å². The number of furan rings is 4. The smallest absolute Gasteiger partial charge is 0.472 e. The van der Waals surface area contributed by atoms with Crippen LogP contribution in [0.15, 0.2) is 97.2 Å². The van der Waals surface area contributed by atoms with Gasteiger partial charge in [-0.15, -0.1) is 0 Å². The van der Waals surface area contributed by atoms with Crippen LogP contribution in [0, 0.1) is 114 Å². The van der Waals surface area contributed by atoms with E-state index in [0.717, 1.165) is 23.8 Å². The molecule has 12 aliphatic rings. The first kappa shape index (κ1) is 95.6. The lowest BCUT2D eigenvalue weighted by molar-refractivity contribution is -0.208. The maximum atomic E-state index is 14.0. The van der Waals surface area contributed by atoms with Crippen LogP contribution in [0.3, 0.4) is 0 Å². The fourth-order valence-corrected chi connectivity index (χ4v) is 26.9. The van der Waals surface area contributed by atoms with Crippen molar-refractivity contribution in [1.82, 2.24) is 10.2 Å². The molecule has 12 fully saturated rings. The second kappa shape index (κ2) is 35.4. The first-order valence-corrected chi connectivity index (χ1v) is 44.9. The first-order valence-electron chi connectivity index (χ1n) is 43.5. The number of likely N-dealkylation sites (N-methyl/N-ethyl adjacent to an activating group) is 1. The molecule has 698 valence electrons. The number of carbonyl (C=O) groups is 13. The van der Waals surface area contributed by atoms with Crippen LogP contribution in [0.4, 0.5) is 13.2 Å². The number of hydrogen-bond acceptors (Lipinski definition) is 30. The van der Waals surface area contributed by atoms with Crippen molar-refractivity contribution in [2.75, 3.05) is 35.5 Å². The molecule has 1 amide bonds. The number of hydrogen-bond donors (Lipinski definition) is 1. The number of ketones is 4. The number of esters is 8. The van der Waals surface area contributed by atoms with Gasteiger partial charge in [0.1, 0.15) is 36.3 Å². The highest BCUT2D eigenvalue weighted by atomic mass is 32.2. The lowest BCUT2D eigenvalue weighted by atomic mass is 9.42. The fraction of sp³-hybridized carbons (Fsp3) is 0.681. The zero-order chi connectivity index (χ0) is 93.6. The van der Waals surface area contributed by atoms with E-state index >= 15 is 0 Å². The largest absolute Gasteiger partial charge is 0.523 e. The summed E-state index contributed by atoms with van der Waals surface area (Å²) in [5, 5.41) is 7.07. The van der Waals surface area contributed by atoms with Crippen molar-refractivity contribution in [3.05, 3.63) is 107 Å². The Balaban J connectivity index is 0.000000146. The van der Waals surface area contributed by atoms with Gasteiger partial charge in [0, 0.05) is 70.9 Å². The third-order valence-corrected chi connectivity index (χ3v) is 33.4. The minimum atomic E-state index is -6.13. The van der Waals surface area contributed by atoms with Crippen LogP contribution < -0.4 is 5.32 Å². The molecular formula is C91H114F3N5O28S. The van der Waals surface area contributed by atoms with Gasteiger partial charge in [0.2, 0.25) is 5.91 Å². The molecule has 28 atom stereocenters. The summed E-state index contributed by atoms with van der Waals surface area (Å²) in [6, 6.07) is 4.84. The molecule has 1 N–H and O–H groups in total. The number of azide groups is 1. The zero-order valence-electron chi connectivity index (χ0n) is 74.6. The van der Waals surface area contributed by atoms with E-state index in [1.54, 1.807) is 64.0 Å². The third-order valence-electron chi connectivity index (χ3n) is 32.3. The number of alkyl halides is 3. The van der Waals surface area contributed by atoms with E-state index in [4.69, 9.17) is 61.1 Å². The highest BCUT2D eigenvalue weighted by Crippen LogP contribution is 2.71. The maximum absolute atomic E-state index is 14.0. The van der Waals surface area contributed by atoms with Gasteiger partial charge in [0.15, 0.2) is 17.3 Å². The number of carbonyl (C=O) groups excluding carboxylic acids is 13. The van der Waals surface area contributed by atoms with Crippen LogP contribution in [0.5, 0.6) is 0 Å². The van der Waals surface area contributed by atoms with Gasteiger partial charge in [-0.05, 0) is 176 Å². The number of halogens is 3. The molecule has 128 heavy (non-hydrogen) atoms. The predicted octanol–water partition coefficient (Wildman–Crippen LogP) is 13.4. The molecule has 0 radical (unpaired) electrons. The molecule has 4 saturated heterocycles. The molecule has 8 saturated carbocycles. The highest BCUT2D eigenvalue weighted by molar-refractivity contribution is 7.87. The second-order valence-corrected chi connectivity index (χ2v) is 41.0. The Labute approximate surface area is 738 Å². The molecule has 8 heterocycles. The van der Waals surface area contributed by atoms with Crippen LogP contribution in [0.2, 0.25) is 0 Å². The van der Waals surface area contributed by atoms with Crippen LogP contribution in [-0.2, 0) is 115 Å². The van der Waals surface area contributed by atoms with Crippen LogP contribution in [-0.4, -0.2) is 161 Å². The van der Waals surface area contributed by atoms with Crippen molar-refractivity contribution in [1.29, 1.82) is 0 Å². The normalized spacial score (nSPS) is 39.2. The number of amides is 1. The van der Waals surface area contributed by atoms with E-state index in [1.165, 1.54) is 64.5 Å². The van der Waals surface area contributed by atoms with Gasteiger partial charge in [-0.3, -0.25) is 66.5 Å². The molecular weight excluding hydrogens is 1700 g/mol. The monoisotopic (exact) mass is 1810 g/mol. The second-order valence-electron chi connectivity index (χ2n) is 39.5. The third kappa shape index (κ3) is 16.3. The molecule has 4 aromatic rings. The molecule has 0 spiro atoms. The summed E-state index contributed by atoms with van der Waals surface area (Å²) in [5.74, 6) is -12.3.